The molecule has 34 heavy (non-hydrogen) atoms. The zero-order chi connectivity index (χ0) is 24.5. The summed E-state index contributed by atoms with van der Waals surface area (Å²) in [4.78, 5) is 24.4. The van der Waals surface area contributed by atoms with Crippen molar-refractivity contribution < 1.29 is 23.8 Å². The van der Waals surface area contributed by atoms with Gasteiger partial charge < -0.3 is 19.5 Å². The highest BCUT2D eigenvalue weighted by atomic mass is 35.5. The van der Waals surface area contributed by atoms with Crippen LogP contribution in [0.1, 0.15) is 18.1 Å². The molecule has 1 N–H and O–H groups in total. The molecule has 8 heteroatoms. The van der Waals surface area contributed by atoms with Gasteiger partial charge in [0.05, 0.1) is 12.1 Å². The lowest BCUT2D eigenvalue weighted by Crippen LogP contribution is -2.29. The average Bonchev–Trinajstić information content (AvgIpc) is 2.83. The van der Waals surface area contributed by atoms with E-state index < -0.39 is 18.0 Å². The fourth-order valence-electron chi connectivity index (χ4n) is 2.84. The quantitative estimate of drug-likeness (QED) is 0.281. The van der Waals surface area contributed by atoms with Crippen LogP contribution in [0.3, 0.4) is 0 Å². The fraction of sp³-hybridized carbons (Fsp3) is 0.154. The molecule has 0 aliphatic heterocycles. The summed E-state index contributed by atoms with van der Waals surface area (Å²) in [5.41, 5.74) is 2.25. The van der Waals surface area contributed by atoms with Gasteiger partial charge in [-0.3, -0.25) is 4.79 Å². The highest BCUT2D eigenvalue weighted by molar-refractivity contribution is 6.32. The molecule has 1 unspecified atom stereocenters. The van der Waals surface area contributed by atoms with Gasteiger partial charge in [0.2, 0.25) is 0 Å². The van der Waals surface area contributed by atoms with E-state index in [1.807, 2.05) is 36.4 Å². The molecule has 3 rings (SSSR count). The van der Waals surface area contributed by atoms with Crippen LogP contribution in [0.4, 0.5) is 5.69 Å². The Labute approximate surface area is 208 Å². The highest BCUT2D eigenvalue weighted by Crippen LogP contribution is 2.27. The molecular formula is C26H23Cl2NO5. The van der Waals surface area contributed by atoms with E-state index in [0.29, 0.717) is 33.8 Å². The maximum absolute atomic E-state index is 12.3. The van der Waals surface area contributed by atoms with Crippen LogP contribution < -0.4 is 14.8 Å². The summed E-state index contributed by atoms with van der Waals surface area (Å²) in [7, 11) is 1.50. The molecule has 0 aliphatic carbocycles. The second-order valence-electron chi connectivity index (χ2n) is 7.24. The molecule has 0 fully saturated rings. The third kappa shape index (κ3) is 7.54. The van der Waals surface area contributed by atoms with E-state index in [4.69, 9.17) is 37.4 Å². The number of benzene rings is 3. The molecule has 0 aliphatic rings. The molecule has 176 valence electrons. The van der Waals surface area contributed by atoms with Gasteiger partial charge in [-0.1, -0.05) is 47.5 Å². The maximum Gasteiger partial charge on any atom is 0.331 e. The SMILES string of the molecule is COc1ccc(NC(=O)C(C)OC(=O)C=Cc2ccc(OCc3ccc(Cl)cc3)cc2)cc1Cl. The number of anilines is 1. The minimum Gasteiger partial charge on any atom is -0.495 e. The van der Waals surface area contributed by atoms with Gasteiger partial charge in [0, 0.05) is 16.8 Å². The van der Waals surface area contributed by atoms with E-state index in [1.165, 1.54) is 20.1 Å². The van der Waals surface area contributed by atoms with Gasteiger partial charge in [-0.2, -0.15) is 0 Å². The van der Waals surface area contributed by atoms with E-state index in [2.05, 4.69) is 5.32 Å². The summed E-state index contributed by atoms with van der Waals surface area (Å²) in [5, 5.41) is 3.68. The number of carbonyl (C=O) groups is 2. The van der Waals surface area contributed by atoms with Crippen LogP contribution in [0.15, 0.2) is 72.8 Å². The molecule has 3 aromatic rings. The van der Waals surface area contributed by atoms with Gasteiger partial charge in [-0.25, -0.2) is 4.79 Å². The van der Waals surface area contributed by atoms with Crippen LogP contribution in [0.25, 0.3) is 6.08 Å². The first-order valence-electron chi connectivity index (χ1n) is 10.3. The summed E-state index contributed by atoms with van der Waals surface area (Å²) < 4.78 is 16.0. The number of halogens is 2. The van der Waals surface area contributed by atoms with Crippen LogP contribution >= 0.6 is 23.2 Å². The largest absolute Gasteiger partial charge is 0.495 e. The molecule has 0 bridgehead atoms. The van der Waals surface area contributed by atoms with Crippen LogP contribution in [0.5, 0.6) is 11.5 Å². The van der Waals surface area contributed by atoms with Gasteiger partial charge in [0.1, 0.15) is 18.1 Å². The molecular weight excluding hydrogens is 477 g/mol. The zero-order valence-corrected chi connectivity index (χ0v) is 20.1. The van der Waals surface area contributed by atoms with E-state index in [-0.39, 0.29) is 0 Å². The standard InChI is InChI=1S/C26H23Cl2NO5/c1-17(26(31)29-21-10-13-24(32-2)23(28)15-21)34-25(30)14-7-18-5-11-22(12-6-18)33-16-19-3-8-20(27)9-4-19/h3-15,17H,16H2,1-2H3,(H,29,31). The number of esters is 1. The topological polar surface area (TPSA) is 73.9 Å². The van der Waals surface area contributed by atoms with Crippen molar-refractivity contribution in [3.05, 3.63) is 94.0 Å². The lowest BCUT2D eigenvalue weighted by atomic mass is 10.2. The Morgan fingerprint density at radius 3 is 2.35 bits per heavy atom. The van der Waals surface area contributed by atoms with Crippen LogP contribution in [0.2, 0.25) is 10.0 Å². The summed E-state index contributed by atoms with van der Waals surface area (Å²) in [6, 6.07) is 19.5. The minimum absolute atomic E-state index is 0.356. The number of methoxy groups -OCH3 is 1. The van der Waals surface area contributed by atoms with Crippen molar-refractivity contribution in [3.63, 3.8) is 0 Å². The molecule has 3 aromatic carbocycles. The van der Waals surface area contributed by atoms with Crippen molar-refractivity contribution >= 4 is 46.8 Å². The van der Waals surface area contributed by atoms with Gasteiger partial charge in [-0.15, -0.1) is 0 Å². The van der Waals surface area contributed by atoms with E-state index in [9.17, 15) is 9.59 Å². The number of ether oxygens (including phenoxy) is 3. The predicted molar refractivity (Wildman–Crippen MR) is 133 cm³/mol. The summed E-state index contributed by atoms with van der Waals surface area (Å²) in [5.74, 6) is 0.0627. The lowest BCUT2D eigenvalue weighted by Gasteiger charge is -2.13. The molecule has 0 saturated heterocycles. The van der Waals surface area contributed by atoms with Gasteiger partial charge in [-0.05, 0) is 66.6 Å². The smallest absolute Gasteiger partial charge is 0.331 e. The Bertz CT molecular complexity index is 1160. The molecule has 0 saturated carbocycles. The molecule has 0 aromatic heterocycles. The van der Waals surface area contributed by atoms with Gasteiger partial charge in [0.15, 0.2) is 6.10 Å². The summed E-state index contributed by atoms with van der Waals surface area (Å²) in [6.45, 7) is 1.90. The number of hydrogen-bond donors (Lipinski definition) is 1. The summed E-state index contributed by atoms with van der Waals surface area (Å²) >= 11 is 11.9. The van der Waals surface area contributed by atoms with Gasteiger partial charge >= 0.3 is 5.97 Å². The minimum atomic E-state index is -0.998. The third-order valence-corrected chi connectivity index (χ3v) is 5.24. The molecule has 0 heterocycles. The normalized spacial score (nSPS) is 11.6. The molecule has 0 radical (unpaired) electrons. The Kier molecular flexibility index (Phi) is 8.96. The number of amides is 1. The highest BCUT2D eigenvalue weighted by Gasteiger charge is 2.17. The Morgan fingerprint density at radius 2 is 1.71 bits per heavy atom. The second kappa shape index (κ2) is 12.1. The van der Waals surface area contributed by atoms with Gasteiger partial charge in [0.25, 0.3) is 5.91 Å². The Balaban J connectivity index is 1.47. The van der Waals surface area contributed by atoms with Crippen molar-refractivity contribution in [1.29, 1.82) is 0 Å². The number of hydrogen-bond acceptors (Lipinski definition) is 5. The van der Waals surface area contributed by atoms with Crippen molar-refractivity contribution in [2.24, 2.45) is 0 Å². The lowest BCUT2D eigenvalue weighted by molar-refractivity contribution is -0.148. The van der Waals surface area contributed by atoms with Crippen LogP contribution in [0, 0.1) is 0 Å². The monoisotopic (exact) mass is 499 g/mol. The van der Waals surface area contributed by atoms with E-state index >= 15 is 0 Å². The zero-order valence-electron chi connectivity index (χ0n) is 18.6. The van der Waals surface area contributed by atoms with E-state index in [0.717, 1.165) is 11.1 Å². The van der Waals surface area contributed by atoms with Crippen molar-refractivity contribution in [3.8, 4) is 11.5 Å². The molecule has 6 nitrogen and oxygen atoms in total. The molecule has 0 spiro atoms. The Hall–Kier alpha value is -3.48. The second-order valence-corrected chi connectivity index (χ2v) is 8.08. The van der Waals surface area contributed by atoms with E-state index in [1.54, 1.807) is 36.4 Å². The first-order valence-corrected chi connectivity index (χ1v) is 11.1. The average molecular weight is 500 g/mol. The first-order chi connectivity index (χ1) is 16.3. The third-order valence-electron chi connectivity index (χ3n) is 4.69. The molecule has 1 atom stereocenters. The van der Waals surface area contributed by atoms with Crippen molar-refractivity contribution in [1.82, 2.24) is 0 Å². The Morgan fingerprint density at radius 1 is 1.00 bits per heavy atom. The number of rotatable bonds is 9. The summed E-state index contributed by atoms with van der Waals surface area (Å²) in [6.07, 6.45) is 1.86. The number of nitrogens with one attached hydrogen (secondary N) is 1. The van der Waals surface area contributed by atoms with Crippen molar-refractivity contribution in [2.75, 3.05) is 12.4 Å². The fourth-order valence-corrected chi connectivity index (χ4v) is 3.23. The van der Waals surface area contributed by atoms with Crippen LogP contribution in [-0.4, -0.2) is 25.1 Å². The first kappa shape index (κ1) is 25.1. The van der Waals surface area contributed by atoms with Crippen LogP contribution in [-0.2, 0) is 20.9 Å². The predicted octanol–water partition coefficient (Wildman–Crippen LogP) is 6.16. The molecule has 1 amide bonds. The van der Waals surface area contributed by atoms with Crippen molar-refractivity contribution in [2.45, 2.75) is 19.6 Å². The number of carbonyl (C=O) groups excluding carboxylic acids is 2. The maximum atomic E-state index is 12.3.